The largest absolute Gasteiger partial charge is 0.495 e. The topological polar surface area (TPSA) is 103 Å². The number of halogens is 1. The number of amidine groups is 2. The van der Waals surface area contributed by atoms with Crippen molar-refractivity contribution in [2.24, 2.45) is 22.8 Å². The predicted molar refractivity (Wildman–Crippen MR) is 120 cm³/mol. The molecule has 2 heterocycles. The van der Waals surface area contributed by atoms with E-state index in [4.69, 9.17) is 26.8 Å². The molecule has 0 aliphatic rings. The Morgan fingerprint density at radius 2 is 2.10 bits per heavy atom. The normalized spacial score (nSPS) is 12.4. The minimum absolute atomic E-state index is 0.272. The zero-order chi connectivity index (χ0) is 21.7. The molecular weight excluding hydrogens is 404 g/mol. The second-order valence-electron chi connectivity index (χ2n) is 6.58. The minimum Gasteiger partial charge on any atom is -0.495 e. The summed E-state index contributed by atoms with van der Waals surface area (Å²) in [6.45, 7) is 2.89. The summed E-state index contributed by atoms with van der Waals surface area (Å²) >= 11 is 6.53. The molecular formula is C21H25ClN6O2. The fourth-order valence-corrected chi connectivity index (χ4v) is 3.38. The van der Waals surface area contributed by atoms with Crippen molar-refractivity contribution in [1.82, 2.24) is 14.5 Å². The molecule has 9 heteroatoms. The maximum Gasteiger partial charge on any atom is 0.175 e. The van der Waals surface area contributed by atoms with E-state index in [9.17, 15) is 0 Å². The summed E-state index contributed by atoms with van der Waals surface area (Å²) in [5, 5.41) is 0.544. The van der Waals surface area contributed by atoms with E-state index in [0.29, 0.717) is 35.6 Å². The van der Waals surface area contributed by atoms with E-state index in [0.717, 1.165) is 22.4 Å². The average molecular weight is 429 g/mol. The Bertz CT molecular complexity index is 1080. The number of nitrogens with zero attached hydrogens (tertiary/aromatic N) is 4. The van der Waals surface area contributed by atoms with Crippen LogP contribution in [0.4, 0.5) is 0 Å². The van der Waals surface area contributed by atoms with Crippen LogP contribution in [-0.2, 0) is 11.8 Å². The molecule has 1 aromatic carbocycles. The summed E-state index contributed by atoms with van der Waals surface area (Å²) in [4.78, 5) is 16.7. The van der Waals surface area contributed by atoms with Crippen LogP contribution in [0.2, 0.25) is 5.02 Å². The summed E-state index contributed by atoms with van der Waals surface area (Å²) in [6, 6.07) is 5.67. The molecule has 0 saturated carbocycles. The zero-order valence-electron chi connectivity index (χ0n) is 17.4. The molecule has 30 heavy (non-hydrogen) atoms. The smallest absolute Gasteiger partial charge is 0.175 e. The molecule has 0 radical (unpaired) electrons. The quantitative estimate of drug-likeness (QED) is 0.342. The van der Waals surface area contributed by atoms with E-state index in [1.807, 2.05) is 44.6 Å². The lowest BCUT2D eigenvalue weighted by Crippen LogP contribution is -2.21. The molecule has 0 amide bonds. The molecule has 0 atom stereocenters. The van der Waals surface area contributed by atoms with Gasteiger partial charge in [-0.15, -0.1) is 0 Å². The number of aromatic amines is 1. The molecule has 0 aliphatic carbocycles. The monoisotopic (exact) mass is 428 g/mol. The number of ether oxygens (including phenoxy) is 2. The van der Waals surface area contributed by atoms with Crippen LogP contribution < -0.4 is 10.5 Å². The standard InChI is InChI=1S/C21H25ClN6O2/c1-13-15(14-6-5-7-16(30-4)17(14)22)12-26-18(13)20(24-9-11-29-3)27-19(23)21-25-8-10-28(21)2/h5-8,10,12,26H,9,11H2,1-4H3,(H2,23,24,27). The van der Waals surface area contributed by atoms with E-state index in [2.05, 4.69) is 20.0 Å². The van der Waals surface area contributed by atoms with Gasteiger partial charge < -0.3 is 24.8 Å². The Hall–Kier alpha value is -3.10. The van der Waals surface area contributed by atoms with E-state index >= 15 is 0 Å². The van der Waals surface area contributed by atoms with Crippen molar-refractivity contribution in [2.75, 3.05) is 27.4 Å². The molecule has 0 aliphatic heterocycles. The molecule has 3 rings (SSSR count). The van der Waals surface area contributed by atoms with Crippen LogP contribution in [0.3, 0.4) is 0 Å². The molecule has 0 bridgehead atoms. The molecule has 8 nitrogen and oxygen atoms in total. The Morgan fingerprint density at radius 1 is 1.30 bits per heavy atom. The van der Waals surface area contributed by atoms with Gasteiger partial charge in [-0.25, -0.2) is 9.98 Å². The van der Waals surface area contributed by atoms with E-state index < -0.39 is 0 Å². The molecule has 0 unspecified atom stereocenters. The fraction of sp³-hybridized carbons (Fsp3) is 0.286. The van der Waals surface area contributed by atoms with Gasteiger partial charge in [-0.3, -0.25) is 4.99 Å². The molecule has 2 aromatic heterocycles. The average Bonchev–Trinajstić information content (AvgIpc) is 3.33. The lowest BCUT2D eigenvalue weighted by molar-refractivity contribution is 0.208. The van der Waals surface area contributed by atoms with Crippen LogP contribution in [0, 0.1) is 6.92 Å². The first-order chi connectivity index (χ1) is 14.5. The number of nitrogens with one attached hydrogen (secondary N) is 1. The van der Waals surface area contributed by atoms with Crippen molar-refractivity contribution >= 4 is 23.3 Å². The lowest BCUT2D eigenvalue weighted by Gasteiger charge is -2.09. The SMILES string of the molecule is COCCN=C(N=C(N)c1nccn1C)c1[nH]cc(-c2cccc(OC)c2Cl)c1C. The summed E-state index contributed by atoms with van der Waals surface area (Å²) < 4.78 is 12.3. The summed E-state index contributed by atoms with van der Waals surface area (Å²) in [5.74, 6) is 1.92. The van der Waals surface area contributed by atoms with Gasteiger partial charge in [0.1, 0.15) is 5.75 Å². The highest BCUT2D eigenvalue weighted by molar-refractivity contribution is 6.35. The Morgan fingerprint density at radius 3 is 2.77 bits per heavy atom. The van der Waals surface area contributed by atoms with Gasteiger partial charge in [-0.1, -0.05) is 23.7 Å². The van der Waals surface area contributed by atoms with Crippen molar-refractivity contribution in [2.45, 2.75) is 6.92 Å². The Labute approximate surface area is 180 Å². The zero-order valence-corrected chi connectivity index (χ0v) is 18.2. The highest BCUT2D eigenvalue weighted by Crippen LogP contribution is 2.37. The Balaban J connectivity index is 2.06. The van der Waals surface area contributed by atoms with E-state index in [1.165, 1.54) is 0 Å². The number of aromatic nitrogens is 3. The maximum atomic E-state index is 6.53. The first-order valence-electron chi connectivity index (χ1n) is 9.34. The van der Waals surface area contributed by atoms with Crippen molar-refractivity contribution in [3.05, 3.63) is 58.9 Å². The minimum atomic E-state index is 0.272. The van der Waals surface area contributed by atoms with Crippen LogP contribution >= 0.6 is 11.6 Å². The fourth-order valence-electron chi connectivity index (χ4n) is 3.07. The van der Waals surface area contributed by atoms with Gasteiger partial charge in [0.15, 0.2) is 17.5 Å². The summed E-state index contributed by atoms with van der Waals surface area (Å²) in [6.07, 6.45) is 5.36. The van der Waals surface area contributed by atoms with Gasteiger partial charge >= 0.3 is 0 Å². The van der Waals surface area contributed by atoms with Gasteiger partial charge in [0.05, 0.1) is 31.0 Å². The second-order valence-corrected chi connectivity index (χ2v) is 6.96. The third-order valence-electron chi connectivity index (χ3n) is 4.67. The van der Waals surface area contributed by atoms with E-state index in [-0.39, 0.29) is 5.84 Å². The van der Waals surface area contributed by atoms with Gasteiger partial charge in [-0.2, -0.15) is 0 Å². The predicted octanol–water partition coefficient (Wildman–Crippen LogP) is 3.18. The lowest BCUT2D eigenvalue weighted by atomic mass is 10.0. The first-order valence-corrected chi connectivity index (χ1v) is 9.72. The number of benzene rings is 1. The number of nitrogens with two attached hydrogens (primary N) is 1. The molecule has 0 fully saturated rings. The van der Waals surface area contributed by atoms with Gasteiger partial charge in [0.25, 0.3) is 0 Å². The number of rotatable bonds is 7. The second kappa shape index (κ2) is 9.60. The third kappa shape index (κ3) is 4.39. The van der Waals surface area contributed by atoms with Crippen molar-refractivity contribution in [3.8, 4) is 16.9 Å². The molecule has 3 aromatic rings. The number of aliphatic imine (C=N–C) groups is 2. The van der Waals surface area contributed by atoms with Crippen LogP contribution in [0.25, 0.3) is 11.1 Å². The molecule has 0 spiro atoms. The Kier molecular flexibility index (Phi) is 6.91. The number of hydrogen-bond acceptors (Lipinski definition) is 4. The molecule has 0 saturated heterocycles. The number of aryl methyl sites for hydroxylation is 1. The van der Waals surface area contributed by atoms with Crippen molar-refractivity contribution < 1.29 is 9.47 Å². The summed E-state index contributed by atoms with van der Waals surface area (Å²) in [5.41, 5.74) is 9.69. The maximum absolute atomic E-state index is 6.53. The van der Waals surface area contributed by atoms with Gasteiger partial charge in [0.2, 0.25) is 0 Å². The first kappa shape index (κ1) is 21.6. The number of imidazole rings is 1. The van der Waals surface area contributed by atoms with Crippen LogP contribution in [0.15, 0.2) is 46.8 Å². The van der Waals surface area contributed by atoms with Crippen LogP contribution in [0.5, 0.6) is 5.75 Å². The highest BCUT2D eigenvalue weighted by Gasteiger charge is 2.18. The van der Waals surface area contributed by atoms with Gasteiger partial charge in [-0.05, 0) is 18.6 Å². The number of hydrogen-bond donors (Lipinski definition) is 2. The number of methoxy groups -OCH3 is 2. The molecule has 158 valence electrons. The van der Waals surface area contributed by atoms with Gasteiger partial charge in [0, 0.05) is 43.9 Å². The molecule has 3 N–H and O–H groups in total. The van der Waals surface area contributed by atoms with Crippen molar-refractivity contribution in [1.29, 1.82) is 0 Å². The van der Waals surface area contributed by atoms with Crippen molar-refractivity contribution in [3.63, 3.8) is 0 Å². The third-order valence-corrected chi connectivity index (χ3v) is 5.06. The van der Waals surface area contributed by atoms with Crippen LogP contribution in [0.1, 0.15) is 17.1 Å². The van der Waals surface area contributed by atoms with E-state index in [1.54, 1.807) is 25.0 Å². The van der Waals surface area contributed by atoms with Crippen LogP contribution in [-0.4, -0.2) is 53.6 Å². The number of H-pyrrole nitrogens is 1. The summed E-state index contributed by atoms with van der Waals surface area (Å²) in [7, 11) is 5.08. The highest BCUT2D eigenvalue weighted by atomic mass is 35.5.